The number of hydrogen-bond acceptors (Lipinski definition) is 3. The summed E-state index contributed by atoms with van der Waals surface area (Å²) >= 11 is 0. The van der Waals surface area contributed by atoms with Crippen molar-refractivity contribution in [3.63, 3.8) is 0 Å². The molecule has 1 aromatic rings. The lowest BCUT2D eigenvalue weighted by atomic mass is 10.00. The molecule has 0 fully saturated rings. The Hall–Kier alpha value is -0.910. The van der Waals surface area contributed by atoms with Gasteiger partial charge in [0.2, 0.25) is 10.0 Å². The number of nitrogens with one attached hydrogen (secondary N) is 1. The molecule has 0 saturated heterocycles. The van der Waals surface area contributed by atoms with Gasteiger partial charge in [0.05, 0.1) is 5.75 Å². The molecular weight excluding hydrogens is 272 g/mol. The van der Waals surface area contributed by atoms with E-state index in [2.05, 4.69) is 43.4 Å². The van der Waals surface area contributed by atoms with Crippen molar-refractivity contribution in [1.82, 2.24) is 9.62 Å². The van der Waals surface area contributed by atoms with Crippen molar-refractivity contribution >= 4 is 10.0 Å². The molecule has 0 spiro atoms. The summed E-state index contributed by atoms with van der Waals surface area (Å²) in [7, 11) is -0.00532. The highest BCUT2D eigenvalue weighted by molar-refractivity contribution is 7.89. The Morgan fingerprint density at radius 3 is 2.00 bits per heavy atom. The van der Waals surface area contributed by atoms with Gasteiger partial charge in [-0.25, -0.2) is 12.7 Å². The Labute approximate surface area is 123 Å². The number of rotatable bonds is 7. The highest BCUT2D eigenvalue weighted by Crippen LogP contribution is 2.18. The molecule has 5 heteroatoms. The van der Waals surface area contributed by atoms with Gasteiger partial charge in [-0.15, -0.1) is 0 Å². The van der Waals surface area contributed by atoms with Crippen LogP contribution in [0.4, 0.5) is 0 Å². The second kappa shape index (κ2) is 7.20. The minimum atomic E-state index is -3.12. The highest BCUT2D eigenvalue weighted by Gasteiger charge is 2.14. The van der Waals surface area contributed by atoms with Crippen molar-refractivity contribution in [3.05, 3.63) is 35.4 Å². The van der Waals surface area contributed by atoms with Gasteiger partial charge in [-0.2, -0.15) is 0 Å². The molecule has 20 heavy (non-hydrogen) atoms. The van der Waals surface area contributed by atoms with Crippen LogP contribution >= 0.6 is 0 Å². The zero-order valence-corrected chi connectivity index (χ0v) is 13.9. The number of nitrogens with zero attached hydrogens (tertiary/aromatic N) is 1. The molecular formula is C15H26N2O2S. The monoisotopic (exact) mass is 298 g/mol. The molecule has 1 N–H and O–H groups in total. The Kier molecular flexibility index (Phi) is 6.17. The summed E-state index contributed by atoms with van der Waals surface area (Å²) in [5.41, 5.74) is 2.49. The Morgan fingerprint density at radius 2 is 1.55 bits per heavy atom. The Morgan fingerprint density at radius 1 is 1.05 bits per heavy atom. The van der Waals surface area contributed by atoms with E-state index < -0.39 is 10.0 Å². The van der Waals surface area contributed by atoms with E-state index in [9.17, 15) is 8.42 Å². The molecule has 1 rings (SSSR count). The van der Waals surface area contributed by atoms with Crippen LogP contribution < -0.4 is 5.32 Å². The molecule has 0 amide bonds. The normalized spacial score (nSPS) is 13.9. The van der Waals surface area contributed by atoms with Crippen molar-refractivity contribution in [2.45, 2.75) is 32.7 Å². The quantitative estimate of drug-likeness (QED) is 0.840. The van der Waals surface area contributed by atoms with Gasteiger partial charge in [0.1, 0.15) is 0 Å². The topological polar surface area (TPSA) is 49.4 Å². The minimum Gasteiger partial charge on any atom is -0.309 e. The summed E-state index contributed by atoms with van der Waals surface area (Å²) in [5, 5.41) is 3.25. The lowest BCUT2D eigenvalue weighted by Gasteiger charge is -2.17. The van der Waals surface area contributed by atoms with Crippen molar-refractivity contribution in [2.75, 3.05) is 26.4 Å². The average Bonchev–Trinajstić information content (AvgIpc) is 2.38. The standard InChI is InChI=1S/C15H26N2O2S/c1-12(2)14-6-8-15(9-7-14)13(3)16-10-11-20(18,19)17(4)5/h6-9,12-13,16H,10-11H2,1-5H3. The van der Waals surface area contributed by atoms with Gasteiger partial charge in [-0.3, -0.25) is 0 Å². The lowest BCUT2D eigenvalue weighted by Crippen LogP contribution is -2.32. The molecule has 1 unspecified atom stereocenters. The Balaban J connectivity index is 2.53. The molecule has 0 heterocycles. The van der Waals surface area contributed by atoms with Crippen molar-refractivity contribution in [3.8, 4) is 0 Å². The van der Waals surface area contributed by atoms with Gasteiger partial charge < -0.3 is 5.32 Å². The summed E-state index contributed by atoms with van der Waals surface area (Å²) in [4.78, 5) is 0. The van der Waals surface area contributed by atoms with Crippen molar-refractivity contribution in [1.29, 1.82) is 0 Å². The van der Waals surface area contributed by atoms with Crippen molar-refractivity contribution < 1.29 is 8.42 Å². The zero-order chi connectivity index (χ0) is 15.3. The van der Waals surface area contributed by atoms with Gasteiger partial charge in [-0.05, 0) is 24.0 Å². The minimum absolute atomic E-state index is 0.119. The fraction of sp³-hybridized carbons (Fsp3) is 0.600. The van der Waals surface area contributed by atoms with Crippen LogP contribution in [0.25, 0.3) is 0 Å². The van der Waals surface area contributed by atoms with Crippen LogP contribution in [0, 0.1) is 0 Å². The second-order valence-electron chi connectivity index (χ2n) is 5.60. The predicted molar refractivity (Wildman–Crippen MR) is 84.4 cm³/mol. The smallest absolute Gasteiger partial charge is 0.214 e. The van der Waals surface area contributed by atoms with Crippen LogP contribution in [-0.2, 0) is 10.0 Å². The first-order chi connectivity index (χ1) is 9.24. The SMILES string of the molecule is CC(C)c1ccc(C(C)NCCS(=O)(=O)N(C)C)cc1. The molecule has 0 aliphatic heterocycles. The van der Waals surface area contributed by atoms with Gasteiger partial charge >= 0.3 is 0 Å². The predicted octanol–water partition coefficient (Wildman–Crippen LogP) is 2.35. The molecule has 0 bridgehead atoms. The number of sulfonamides is 1. The van der Waals surface area contributed by atoms with Crippen LogP contribution in [0.1, 0.15) is 43.9 Å². The number of hydrogen-bond donors (Lipinski definition) is 1. The molecule has 0 aromatic heterocycles. The maximum atomic E-state index is 11.7. The van der Waals surface area contributed by atoms with Gasteiger partial charge in [-0.1, -0.05) is 38.1 Å². The van der Waals surface area contributed by atoms with Gasteiger partial charge in [0, 0.05) is 26.7 Å². The fourth-order valence-corrected chi connectivity index (χ4v) is 2.62. The first kappa shape index (κ1) is 17.1. The van der Waals surface area contributed by atoms with Crippen molar-refractivity contribution in [2.24, 2.45) is 0 Å². The molecule has 114 valence electrons. The number of benzene rings is 1. The lowest BCUT2D eigenvalue weighted by molar-refractivity contribution is 0.512. The fourth-order valence-electron chi connectivity index (χ4n) is 1.87. The molecule has 0 saturated carbocycles. The largest absolute Gasteiger partial charge is 0.309 e. The van der Waals surface area contributed by atoms with E-state index in [0.29, 0.717) is 12.5 Å². The summed E-state index contributed by atoms with van der Waals surface area (Å²) in [6.07, 6.45) is 0. The first-order valence-electron chi connectivity index (χ1n) is 6.97. The van der Waals surface area contributed by atoms with E-state index in [-0.39, 0.29) is 11.8 Å². The highest BCUT2D eigenvalue weighted by atomic mass is 32.2. The molecule has 0 radical (unpaired) electrons. The van der Waals surface area contributed by atoms with Gasteiger partial charge in [0.25, 0.3) is 0 Å². The maximum Gasteiger partial charge on any atom is 0.214 e. The Bertz CT molecular complexity index is 507. The molecule has 0 aliphatic carbocycles. The third-order valence-corrected chi connectivity index (χ3v) is 5.30. The van der Waals surface area contributed by atoms with E-state index >= 15 is 0 Å². The molecule has 1 atom stereocenters. The van der Waals surface area contributed by atoms with E-state index in [1.165, 1.54) is 15.4 Å². The molecule has 1 aromatic carbocycles. The summed E-state index contributed by atoms with van der Waals surface area (Å²) in [6, 6.07) is 8.62. The zero-order valence-electron chi connectivity index (χ0n) is 13.1. The molecule has 4 nitrogen and oxygen atoms in total. The summed E-state index contributed by atoms with van der Waals surface area (Å²) < 4.78 is 24.6. The van der Waals surface area contributed by atoms with Crippen LogP contribution in [0.5, 0.6) is 0 Å². The van der Waals surface area contributed by atoms with Crippen LogP contribution in [0.3, 0.4) is 0 Å². The average molecular weight is 298 g/mol. The van der Waals surface area contributed by atoms with Crippen LogP contribution in [0.2, 0.25) is 0 Å². The van der Waals surface area contributed by atoms with E-state index in [0.717, 1.165) is 0 Å². The third kappa shape index (κ3) is 4.89. The van der Waals surface area contributed by atoms with E-state index in [1.807, 2.05) is 6.92 Å². The van der Waals surface area contributed by atoms with Crippen LogP contribution in [0.15, 0.2) is 24.3 Å². The maximum absolute atomic E-state index is 11.7. The second-order valence-corrected chi connectivity index (χ2v) is 7.90. The summed E-state index contributed by atoms with van der Waals surface area (Å²) in [5.74, 6) is 0.645. The van der Waals surface area contributed by atoms with E-state index in [1.54, 1.807) is 14.1 Å². The van der Waals surface area contributed by atoms with Gasteiger partial charge in [0.15, 0.2) is 0 Å². The first-order valence-corrected chi connectivity index (χ1v) is 8.58. The molecule has 0 aliphatic rings. The van der Waals surface area contributed by atoms with Crippen LogP contribution in [-0.4, -0.2) is 39.1 Å². The summed E-state index contributed by atoms with van der Waals surface area (Å²) in [6.45, 7) is 6.84. The van der Waals surface area contributed by atoms with E-state index in [4.69, 9.17) is 0 Å². The third-order valence-electron chi connectivity index (χ3n) is 3.47.